The minimum Gasteiger partial charge on any atom is -0.378 e. The second-order valence-electron chi connectivity index (χ2n) is 6.75. The van der Waals surface area contributed by atoms with Crippen LogP contribution in [0.1, 0.15) is 0 Å². The standard InChI is InChI=1S/C20H18N4O3S3/c25-30(26,23-15-5-6-18(21-12-15)24-7-9-27-10-8-24)19-11-14(13-28-19)20-22-16-3-1-2-4-17(16)29-20/h1-6,11-13,23H,7-10H2. The van der Waals surface area contributed by atoms with Crippen molar-refractivity contribution in [1.29, 1.82) is 0 Å². The van der Waals surface area contributed by atoms with Crippen LogP contribution in [0.3, 0.4) is 0 Å². The summed E-state index contributed by atoms with van der Waals surface area (Å²) in [5, 5.41) is 2.64. The lowest BCUT2D eigenvalue weighted by Crippen LogP contribution is -2.36. The molecule has 4 aromatic rings. The number of hydrogen-bond donors (Lipinski definition) is 1. The number of anilines is 2. The van der Waals surface area contributed by atoms with E-state index in [0.717, 1.165) is 39.7 Å². The second-order valence-corrected chi connectivity index (χ2v) is 10.6. The smallest absolute Gasteiger partial charge is 0.271 e. The zero-order chi connectivity index (χ0) is 20.6. The highest BCUT2D eigenvalue weighted by atomic mass is 32.2. The number of morpholine rings is 1. The van der Waals surface area contributed by atoms with Crippen LogP contribution in [-0.2, 0) is 14.8 Å². The number of rotatable bonds is 5. The molecule has 0 aliphatic carbocycles. The third-order valence-corrected chi connectivity index (χ3v) is 8.62. The van der Waals surface area contributed by atoms with Crippen LogP contribution < -0.4 is 9.62 Å². The number of sulfonamides is 1. The molecule has 1 saturated heterocycles. The lowest BCUT2D eigenvalue weighted by Gasteiger charge is -2.27. The number of pyridine rings is 1. The van der Waals surface area contributed by atoms with Gasteiger partial charge in [0, 0.05) is 24.0 Å². The third-order valence-electron chi connectivity index (χ3n) is 4.72. The Morgan fingerprint density at radius 3 is 2.70 bits per heavy atom. The van der Waals surface area contributed by atoms with Gasteiger partial charge >= 0.3 is 0 Å². The van der Waals surface area contributed by atoms with Crippen LogP contribution in [-0.4, -0.2) is 44.7 Å². The van der Waals surface area contributed by atoms with Gasteiger partial charge in [-0.2, -0.15) is 0 Å². The van der Waals surface area contributed by atoms with Gasteiger partial charge in [0.05, 0.1) is 35.3 Å². The van der Waals surface area contributed by atoms with Gasteiger partial charge in [-0.05, 0) is 30.3 Å². The number of benzene rings is 1. The van der Waals surface area contributed by atoms with Crippen molar-refractivity contribution in [1.82, 2.24) is 9.97 Å². The number of nitrogens with one attached hydrogen (secondary N) is 1. The van der Waals surface area contributed by atoms with Gasteiger partial charge in [0.1, 0.15) is 15.0 Å². The molecule has 0 radical (unpaired) electrons. The molecule has 30 heavy (non-hydrogen) atoms. The van der Waals surface area contributed by atoms with Crippen LogP contribution in [0.2, 0.25) is 0 Å². The summed E-state index contributed by atoms with van der Waals surface area (Å²) in [4.78, 5) is 11.1. The highest BCUT2D eigenvalue weighted by Crippen LogP contribution is 2.34. The summed E-state index contributed by atoms with van der Waals surface area (Å²) in [6, 6.07) is 13.1. The SMILES string of the molecule is O=S(=O)(Nc1ccc(N2CCOCC2)nc1)c1cc(-c2nc3ccccc3s2)cs1. The molecule has 154 valence electrons. The normalized spacial score (nSPS) is 14.9. The van der Waals surface area contributed by atoms with Gasteiger partial charge in [0.2, 0.25) is 0 Å². The van der Waals surface area contributed by atoms with Crippen LogP contribution in [0.4, 0.5) is 11.5 Å². The van der Waals surface area contributed by atoms with Gasteiger partial charge in [0.25, 0.3) is 10.0 Å². The maximum absolute atomic E-state index is 12.8. The molecule has 0 unspecified atom stereocenters. The Morgan fingerprint density at radius 1 is 1.10 bits per heavy atom. The predicted octanol–water partition coefficient (Wildman–Crippen LogP) is 4.06. The molecule has 7 nitrogen and oxygen atoms in total. The minimum atomic E-state index is -3.70. The molecule has 0 saturated carbocycles. The first-order valence-corrected chi connectivity index (χ1v) is 12.5. The minimum absolute atomic E-state index is 0.244. The maximum Gasteiger partial charge on any atom is 0.271 e. The van der Waals surface area contributed by atoms with Crippen molar-refractivity contribution in [3.05, 3.63) is 54.0 Å². The fourth-order valence-corrected chi connectivity index (χ4v) is 6.43. The van der Waals surface area contributed by atoms with Crippen LogP contribution in [0.15, 0.2) is 58.3 Å². The molecule has 1 N–H and O–H groups in total. The molecule has 4 heterocycles. The Morgan fingerprint density at radius 2 is 1.93 bits per heavy atom. The molecule has 3 aromatic heterocycles. The number of thiophene rings is 1. The summed E-state index contributed by atoms with van der Waals surface area (Å²) in [7, 11) is -3.70. The van der Waals surface area contributed by atoms with E-state index in [-0.39, 0.29) is 4.21 Å². The highest BCUT2D eigenvalue weighted by Gasteiger charge is 2.19. The Kier molecular flexibility index (Phi) is 5.15. The average molecular weight is 459 g/mol. The molecule has 1 aromatic carbocycles. The molecule has 0 bridgehead atoms. The number of para-hydroxylation sites is 1. The zero-order valence-corrected chi connectivity index (χ0v) is 18.3. The van der Waals surface area contributed by atoms with E-state index in [0.29, 0.717) is 18.9 Å². The Hall–Kier alpha value is -2.53. The molecular weight excluding hydrogens is 440 g/mol. The van der Waals surface area contributed by atoms with Crippen molar-refractivity contribution in [2.45, 2.75) is 4.21 Å². The van der Waals surface area contributed by atoms with E-state index in [4.69, 9.17) is 4.74 Å². The molecule has 1 aliphatic heterocycles. The van der Waals surface area contributed by atoms with Crippen LogP contribution >= 0.6 is 22.7 Å². The molecule has 5 rings (SSSR count). The van der Waals surface area contributed by atoms with Crippen molar-refractivity contribution < 1.29 is 13.2 Å². The van der Waals surface area contributed by atoms with E-state index in [9.17, 15) is 8.42 Å². The Bertz CT molecular complexity index is 1240. The zero-order valence-electron chi connectivity index (χ0n) is 15.8. The number of nitrogens with zero attached hydrogens (tertiary/aromatic N) is 3. The first-order valence-electron chi connectivity index (χ1n) is 9.34. The molecule has 0 atom stereocenters. The average Bonchev–Trinajstić information content (AvgIpc) is 3.42. The largest absolute Gasteiger partial charge is 0.378 e. The Balaban J connectivity index is 1.34. The topological polar surface area (TPSA) is 84.4 Å². The fourth-order valence-electron chi connectivity index (χ4n) is 3.20. The Labute approximate surface area is 182 Å². The summed E-state index contributed by atoms with van der Waals surface area (Å²) >= 11 is 2.73. The summed E-state index contributed by atoms with van der Waals surface area (Å²) in [6.45, 7) is 2.90. The number of thiazole rings is 1. The van der Waals surface area contributed by atoms with Crippen molar-refractivity contribution >= 4 is 54.4 Å². The second kappa shape index (κ2) is 7.95. The van der Waals surface area contributed by atoms with Gasteiger partial charge in [-0.15, -0.1) is 22.7 Å². The van der Waals surface area contributed by atoms with Crippen LogP contribution in [0.5, 0.6) is 0 Å². The van der Waals surface area contributed by atoms with Crippen LogP contribution in [0.25, 0.3) is 20.8 Å². The summed E-state index contributed by atoms with van der Waals surface area (Å²) < 4.78 is 34.9. The molecule has 1 fully saturated rings. The fraction of sp³-hybridized carbons (Fsp3) is 0.200. The number of hydrogen-bond acceptors (Lipinski definition) is 8. The summed E-state index contributed by atoms with van der Waals surface area (Å²) in [6.07, 6.45) is 1.55. The lowest BCUT2D eigenvalue weighted by atomic mass is 10.3. The first-order chi connectivity index (χ1) is 14.6. The van der Waals surface area contributed by atoms with Crippen molar-refractivity contribution in [2.75, 3.05) is 35.9 Å². The van der Waals surface area contributed by atoms with Gasteiger partial charge in [-0.25, -0.2) is 18.4 Å². The lowest BCUT2D eigenvalue weighted by molar-refractivity contribution is 0.122. The van der Waals surface area contributed by atoms with E-state index >= 15 is 0 Å². The first kappa shape index (κ1) is 19.4. The van der Waals surface area contributed by atoms with Crippen molar-refractivity contribution in [3.63, 3.8) is 0 Å². The van der Waals surface area contributed by atoms with Crippen LogP contribution in [0, 0.1) is 0 Å². The molecule has 10 heteroatoms. The van der Waals surface area contributed by atoms with E-state index in [1.807, 2.05) is 35.7 Å². The summed E-state index contributed by atoms with van der Waals surface area (Å²) in [5.41, 5.74) is 2.15. The highest BCUT2D eigenvalue weighted by molar-refractivity contribution is 7.94. The monoisotopic (exact) mass is 458 g/mol. The van der Waals surface area contributed by atoms with Gasteiger partial charge in [-0.3, -0.25) is 4.72 Å². The van der Waals surface area contributed by atoms with Gasteiger partial charge < -0.3 is 9.64 Å². The van der Waals surface area contributed by atoms with E-state index in [1.54, 1.807) is 29.7 Å². The molecule has 0 spiro atoms. The van der Waals surface area contributed by atoms with Gasteiger partial charge in [-0.1, -0.05) is 12.1 Å². The number of fused-ring (bicyclic) bond motifs is 1. The van der Waals surface area contributed by atoms with E-state index < -0.39 is 10.0 Å². The quantitative estimate of drug-likeness (QED) is 0.486. The van der Waals surface area contributed by atoms with Crippen molar-refractivity contribution in [3.8, 4) is 10.6 Å². The molecule has 0 amide bonds. The third kappa shape index (κ3) is 3.91. The van der Waals surface area contributed by atoms with Crippen molar-refractivity contribution in [2.24, 2.45) is 0 Å². The van der Waals surface area contributed by atoms with Gasteiger partial charge in [0.15, 0.2) is 0 Å². The predicted molar refractivity (Wildman–Crippen MR) is 121 cm³/mol. The van der Waals surface area contributed by atoms with E-state index in [2.05, 4.69) is 19.6 Å². The molecular formula is C20H18N4O3S3. The number of aromatic nitrogens is 2. The number of ether oxygens (including phenoxy) is 1. The van der Waals surface area contributed by atoms with E-state index in [1.165, 1.54) is 11.3 Å². The molecule has 1 aliphatic rings. The summed E-state index contributed by atoms with van der Waals surface area (Å²) in [5.74, 6) is 0.815. The maximum atomic E-state index is 12.8.